The first-order chi connectivity index (χ1) is 15.7. The first-order valence-corrected chi connectivity index (χ1v) is 10.6. The largest absolute Gasteiger partial charge is 0.322 e. The molecule has 33 heavy (non-hydrogen) atoms. The Morgan fingerprint density at radius 1 is 0.697 bits per heavy atom. The predicted molar refractivity (Wildman–Crippen MR) is 131 cm³/mol. The predicted octanol–water partition coefficient (Wildman–Crippen LogP) is 4.71. The fraction of sp³-hybridized carbons (Fsp3) is 0.148. The smallest absolute Gasteiger partial charge is 0.269 e. The number of hydrogen-bond donors (Lipinski definition) is 3. The standard InChI is InChI=1S/C27H27N3O3/c1-27(2,3)22-14-10-20(11-15-22)25(32)28-23-16-12-21(13-17-23)26(33)30-29-24(31)18-9-19-7-5-4-6-8-19/h4-18H,1-3H3,(H,28,32)(H,29,31)(H,30,33)/b18-9+. The monoisotopic (exact) mass is 441 g/mol. The van der Waals surface area contributed by atoms with Crippen LogP contribution < -0.4 is 16.2 Å². The number of benzene rings is 3. The summed E-state index contributed by atoms with van der Waals surface area (Å²) in [5, 5.41) is 2.82. The second-order valence-electron chi connectivity index (χ2n) is 8.55. The Hall–Kier alpha value is -4.19. The number of nitrogens with one attached hydrogen (secondary N) is 3. The van der Waals surface area contributed by atoms with Crippen molar-refractivity contribution < 1.29 is 14.4 Å². The number of hydrazine groups is 1. The minimum Gasteiger partial charge on any atom is -0.322 e. The molecule has 0 radical (unpaired) electrons. The molecule has 3 aromatic rings. The Morgan fingerprint density at radius 2 is 1.27 bits per heavy atom. The van der Waals surface area contributed by atoms with E-state index in [2.05, 4.69) is 36.9 Å². The number of hydrogen-bond acceptors (Lipinski definition) is 3. The SMILES string of the molecule is CC(C)(C)c1ccc(C(=O)Nc2ccc(C(=O)NNC(=O)/C=C/c3ccccc3)cc2)cc1. The summed E-state index contributed by atoms with van der Waals surface area (Å²) in [5.41, 5.74) is 8.20. The third-order valence-corrected chi connectivity index (χ3v) is 4.94. The third kappa shape index (κ3) is 6.90. The lowest BCUT2D eigenvalue weighted by atomic mass is 9.87. The molecule has 0 saturated carbocycles. The van der Waals surface area contributed by atoms with Gasteiger partial charge in [0.2, 0.25) is 0 Å². The number of anilines is 1. The molecule has 6 heteroatoms. The lowest BCUT2D eigenvalue weighted by Gasteiger charge is -2.19. The summed E-state index contributed by atoms with van der Waals surface area (Å²) >= 11 is 0. The number of carbonyl (C=O) groups excluding carboxylic acids is 3. The average molecular weight is 442 g/mol. The molecule has 0 saturated heterocycles. The molecule has 0 atom stereocenters. The molecule has 0 spiro atoms. The van der Waals surface area contributed by atoms with Crippen LogP contribution in [-0.4, -0.2) is 17.7 Å². The van der Waals surface area contributed by atoms with E-state index in [0.717, 1.165) is 11.1 Å². The van der Waals surface area contributed by atoms with E-state index in [4.69, 9.17) is 0 Å². The van der Waals surface area contributed by atoms with E-state index in [1.54, 1.807) is 42.5 Å². The molecule has 0 unspecified atom stereocenters. The first kappa shape index (κ1) is 23.5. The summed E-state index contributed by atoms with van der Waals surface area (Å²) in [6.07, 6.45) is 2.98. The van der Waals surface area contributed by atoms with Gasteiger partial charge in [-0.15, -0.1) is 0 Å². The van der Waals surface area contributed by atoms with Crippen LogP contribution in [0.4, 0.5) is 5.69 Å². The maximum Gasteiger partial charge on any atom is 0.269 e. The van der Waals surface area contributed by atoms with Gasteiger partial charge in [0.1, 0.15) is 0 Å². The Kier molecular flexibility index (Phi) is 7.41. The van der Waals surface area contributed by atoms with Crippen molar-refractivity contribution in [3.05, 3.63) is 107 Å². The van der Waals surface area contributed by atoms with Crippen LogP contribution in [0.1, 0.15) is 52.6 Å². The maximum absolute atomic E-state index is 12.5. The van der Waals surface area contributed by atoms with Crippen molar-refractivity contribution in [3.63, 3.8) is 0 Å². The van der Waals surface area contributed by atoms with E-state index in [1.165, 1.54) is 6.08 Å². The highest BCUT2D eigenvalue weighted by molar-refractivity contribution is 6.04. The molecule has 3 aromatic carbocycles. The van der Waals surface area contributed by atoms with Crippen LogP contribution >= 0.6 is 0 Å². The second kappa shape index (κ2) is 10.4. The lowest BCUT2D eigenvalue weighted by Crippen LogP contribution is -2.40. The van der Waals surface area contributed by atoms with Crippen molar-refractivity contribution in [1.82, 2.24) is 10.9 Å². The molecule has 3 N–H and O–H groups in total. The van der Waals surface area contributed by atoms with Gasteiger partial charge in [-0.1, -0.05) is 63.2 Å². The normalized spacial score (nSPS) is 11.1. The van der Waals surface area contributed by atoms with Gasteiger partial charge in [0.25, 0.3) is 17.7 Å². The fourth-order valence-electron chi connectivity index (χ4n) is 3.00. The molecule has 0 aliphatic heterocycles. The highest BCUT2D eigenvalue weighted by Crippen LogP contribution is 2.22. The van der Waals surface area contributed by atoms with E-state index in [1.807, 2.05) is 42.5 Å². The van der Waals surface area contributed by atoms with Crippen LogP contribution in [0.5, 0.6) is 0 Å². The molecule has 0 bridgehead atoms. The van der Waals surface area contributed by atoms with Gasteiger partial charge in [0.05, 0.1) is 0 Å². The average Bonchev–Trinajstić information content (AvgIpc) is 2.82. The van der Waals surface area contributed by atoms with Crippen LogP contribution in [0.15, 0.2) is 84.9 Å². The Labute approximate surface area is 193 Å². The van der Waals surface area contributed by atoms with Gasteiger partial charge in [-0.3, -0.25) is 25.2 Å². The van der Waals surface area contributed by atoms with Gasteiger partial charge in [0, 0.05) is 22.9 Å². The molecule has 3 amide bonds. The number of amides is 3. The summed E-state index contributed by atoms with van der Waals surface area (Å²) in [6, 6.07) is 23.3. The van der Waals surface area contributed by atoms with Crippen LogP contribution in [0.25, 0.3) is 6.08 Å². The van der Waals surface area contributed by atoms with Gasteiger partial charge in [0.15, 0.2) is 0 Å². The second-order valence-corrected chi connectivity index (χ2v) is 8.55. The first-order valence-electron chi connectivity index (χ1n) is 10.6. The highest BCUT2D eigenvalue weighted by Gasteiger charge is 2.14. The minimum absolute atomic E-state index is 0.0169. The molecular weight excluding hydrogens is 414 g/mol. The summed E-state index contributed by atoms with van der Waals surface area (Å²) in [4.78, 5) is 36.6. The fourth-order valence-corrected chi connectivity index (χ4v) is 3.00. The summed E-state index contributed by atoms with van der Waals surface area (Å²) in [6.45, 7) is 6.35. The summed E-state index contributed by atoms with van der Waals surface area (Å²) in [5.74, 6) is -1.15. The molecule has 0 fully saturated rings. The van der Waals surface area contributed by atoms with E-state index >= 15 is 0 Å². The topological polar surface area (TPSA) is 87.3 Å². The van der Waals surface area contributed by atoms with Crippen molar-refractivity contribution in [2.75, 3.05) is 5.32 Å². The van der Waals surface area contributed by atoms with Gasteiger partial charge < -0.3 is 5.32 Å². The van der Waals surface area contributed by atoms with E-state index in [9.17, 15) is 14.4 Å². The number of rotatable bonds is 5. The summed E-state index contributed by atoms with van der Waals surface area (Å²) in [7, 11) is 0. The van der Waals surface area contributed by atoms with Crippen LogP contribution in [-0.2, 0) is 10.2 Å². The molecular formula is C27H27N3O3. The van der Waals surface area contributed by atoms with Crippen molar-refractivity contribution in [3.8, 4) is 0 Å². The Balaban J connectivity index is 1.51. The minimum atomic E-state index is -0.466. The van der Waals surface area contributed by atoms with Crippen LogP contribution in [0, 0.1) is 0 Å². The molecule has 0 aliphatic carbocycles. The van der Waals surface area contributed by atoms with Crippen molar-refractivity contribution >= 4 is 29.5 Å². The number of carbonyl (C=O) groups is 3. The van der Waals surface area contributed by atoms with Gasteiger partial charge in [-0.05, 0) is 59.0 Å². The van der Waals surface area contributed by atoms with Crippen molar-refractivity contribution in [2.24, 2.45) is 0 Å². The van der Waals surface area contributed by atoms with Crippen LogP contribution in [0.2, 0.25) is 0 Å². The molecule has 6 nitrogen and oxygen atoms in total. The lowest BCUT2D eigenvalue weighted by molar-refractivity contribution is -0.117. The molecule has 0 heterocycles. The third-order valence-electron chi connectivity index (χ3n) is 4.94. The van der Waals surface area contributed by atoms with Gasteiger partial charge in [-0.2, -0.15) is 0 Å². The zero-order valence-electron chi connectivity index (χ0n) is 18.9. The Morgan fingerprint density at radius 3 is 1.88 bits per heavy atom. The summed E-state index contributed by atoms with van der Waals surface area (Å²) < 4.78 is 0. The van der Waals surface area contributed by atoms with Crippen molar-refractivity contribution in [2.45, 2.75) is 26.2 Å². The highest BCUT2D eigenvalue weighted by atomic mass is 16.2. The van der Waals surface area contributed by atoms with Crippen molar-refractivity contribution in [1.29, 1.82) is 0 Å². The van der Waals surface area contributed by atoms with Gasteiger partial charge >= 0.3 is 0 Å². The van der Waals surface area contributed by atoms with E-state index < -0.39 is 11.8 Å². The maximum atomic E-state index is 12.5. The molecule has 3 rings (SSSR count). The quantitative estimate of drug-likeness (QED) is 0.396. The van der Waals surface area contributed by atoms with E-state index in [0.29, 0.717) is 16.8 Å². The molecule has 0 aromatic heterocycles. The molecule has 0 aliphatic rings. The van der Waals surface area contributed by atoms with Crippen LogP contribution in [0.3, 0.4) is 0 Å². The van der Waals surface area contributed by atoms with E-state index in [-0.39, 0.29) is 11.3 Å². The Bertz CT molecular complexity index is 1140. The van der Waals surface area contributed by atoms with Gasteiger partial charge in [-0.25, -0.2) is 0 Å². The molecule has 168 valence electrons. The zero-order chi connectivity index (χ0) is 23.8. The zero-order valence-corrected chi connectivity index (χ0v) is 18.9.